The maximum atomic E-state index is 12.6. The second-order valence-electron chi connectivity index (χ2n) is 5.86. The standard InChI is InChI=1S/C15H21N3O3/c1-4-12-11(9-10(2)16-17-12)13(19)18-7-5-15(3,6-8-18)14(20)21/h9H,4-8H2,1-3H3,(H,20,21). The molecule has 1 fully saturated rings. The summed E-state index contributed by atoms with van der Waals surface area (Å²) < 4.78 is 0. The first-order valence-corrected chi connectivity index (χ1v) is 7.23. The van der Waals surface area contributed by atoms with Gasteiger partial charge in [-0.2, -0.15) is 10.2 Å². The van der Waals surface area contributed by atoms with Crippen molar-refractivity contribution in [2.75, 3.05) is 13.1 Å². The van der Waals surface area contributed by atoms with Gasteiger partial charge < -0.3 is 10.0 Å². The molecule has 0 spiro atoms. The van der Waals surface area contributed by atoms with E-state index in [1.54, 1.807) is 24.8 Å². The highest BCUT2D eigenvalue weighted by atomic mass is 16.4. The monoisotopic (exact) mass is 291 g/mol. The Labute approximate surface area is 124 Å². The number of hydrogen-bond donors (Lipinski definition) is 1. The Bertz CT molecular complexity index is 563. The third-order valence-corrected chi connectivity index (χ3v) is 4.23. The Balaban J connectivity index is 2.16. The van der Waals surface area contributed by atoms with Gasteiger partial charge in [-0.25, -0.2) is 0 Å². The van der Waals surface area contributed by atoms with E-state index >= 15 is 0 Å². The summed E-state index contributed by atoms with van der Waals surface area (Å²) in [5.41, 5.74) is 1.26. The van der Waals surface area contributed by atoms with Gasteiger partial charge in [0.25, 0.3) is 5.91 Å². The van der Waals surface area contributed by atoms with Crippen LogP contribution in [0.3, 0.4) is 0 Å². The number of aromatic nitrogens is 2. The van der Waals surface area contributed by atoms with E-state index < -0.39 is 11.4 Å². The Hall–Kier alpha value is -1.98. The molecule has 0 aliphatic carbocycles. The SMILES string of the molecule is CCc1nnc(C)cc1C(=O)N1CCC(C)(C(=O)O)CC1. The Kier molecular flexibility index (Phi) is 4.25. The highest BCUT2D eigenvalue weighted by molar-refractivity contribution is 5.95. The van der Waals surface area contributed by atoms with Crippen LogP contribution in [0.5, 0.6) is 0 Å². The number of hydrogen-bond acceptors (Lipinski definition) is 4. The second-order valence-corrected chi connectivity index (χ2v) is 5.86. The predicted molar refractivity (Wildman–Crippen MR) is 77.0 cm³/mol. The number of piperidine rings is 1. The van der Waals surface area contributed by atoms with E-state index in [-0.39, 0.29) is 5.91 Å². The van der Waals surface area contributed by atoms with Crippen molar-refractivity contribution >= 4 is 11.9 Å². The summed E-state index contributed by atoms with van der Waals surface area (Å²) in [5.74, 6) is -0.859. The fourth-order valence-electron chi connectivity index (χ4n) is 2.55. The molecule has 2 rings (SSSR count). The third kappa shape index (κ3) is 3.04. The zero-order valence-electron chi connectivity index (χ0n) is 12.7. The number of aryl methyl sites for hydroxylation is 2. The van der Waals surface area contributed by atoms with Crippen molar-refractivity contribution in [3.63, 3.8) is 0 Å². The van der Waals surface area contributed by atoms with Crippen LogP contribution in [0.25, 0.3) is 0 Å². The fourth-order valence-corrected chi connectivity index (χ4v) is 2.55. The molecule has 1 saturated heterocycles. The predicted octanol–water partition coefficient (Wildman–Crippen LogP) is 1.67. The zero-order valence-corrected chi connectivity index (χ0v) is 12.7. The number of carbonyl (C=O) groups is 2. The van der Waals surface area contributed by atoms with Crippen LogP contribution in [0.2, 0.25) is 0 Å². The van der Waals surface area contributed by atoms with E-state index in [1.165, 1.54) is 0 Å². The molecular weight excluding hydrogens is 270 g/mol. The van der Waals surface area contributed by atoms with Gasteiger partial charge in [-0.05, 0) is 39.2 Å². The minimum Gasteiger partial charge on any atom is -0.481 e. The first-order chi connectivity index (χ1) is 9.87. The zero-order chi connectivity index (χ0) is 15.6. The van der Waals surface area contributed by atoms with E-state index in [0.29, 0.717) is 49.3 Å². The minimum atomic E-state index is -0.787. The molecule has 1 N–H and O–H groups in total. The first-order valence-electron chi connectivity index (χ1n) is 7.23. The number of aliphatic carboxylic acids is 1. The van der Waals surface area contributed by atoms with Crippen molar-refractivity contribution in [2.45, 2.75) is 40.0 Å². The number of carboxylic acids is 1. The highest BCUT2D eigenvalue weighted by Gasteiger charge is 2.38. The molecule has 1 aromatic rings. The quantitative estimate of drug-likeness (QED) is 0.916. The van der Waals surface area contributed by atoms with Crippen LogP contribution >= 0.6 is 0 Å². The Morgan fingerprint density at radius 2 is 1.95 bits per heavy atom. The van der Waals surface area contributed by atoms with E-state index in [9.17, 15) is 14.7 Å². The van der Waals surface area contributed by atoms with Gasteiger partial charge in [-0.15, -0.1) is 0 Å². The lowest BCUT2D eigenvalue weighted by atomic mass is 9.80. The second kappa shape index (κ2) is 5.79. The highest BCUT2D eigenvalue weighted by Crippen LogP contribution is 2.31. The van der Waals surface area contributed by atoms with Gasteiger partial charge in [0.05, 0.1) is 22.4 Å². The molecule has 1 aromatic heterocycles. The summed E-state index contributed by atoms with van der Waals surface area (Å²) in [6.07, 6.45) is 1.61. The van der Waals surface area contributed by atoms with Gasteiger partial charge in [0.2, 0.25) is 0 Å². The van der Waals surface area contributed by atoms with Crippen LogP contribution in [0, 0.1) is 12.3 Å². The van der Waals surface area contributed by atoms with Crippen LogP contribution in [-0.2, 0) is 11.2 Å². The van der Waals surface area contributed by atoms with Crippen molar-refractivity contribution in [3.8, 4) is 0 Å². The molecule has 114 valence electrons. The van der Waals surface area contributed by atoms with Crippen molar-refractivity contribution < 1.29 is 14.7 Å². The molecule has 1 aliphatic rings. The number of rotatable bonds is 3. The van der Waals surface area contributed by atoms with E-state index in [1.807, 2.05) is 6.92 Å². The maximum Gasteiger partial charge on any atom is 0.309 e. The van der Waals surface area contributed by atoms with Crippen LogP contribution in [-0.4, -0.2) is 45.2 Å². The number of carbonyl (C=O) groups excluding carboxylic acids is 1. The number of amides is 1. The lowest BCUT2D eigenvalue weighted by Crippen LogP contribution is -2.45. The summed E-state index contributed by atoms with van der Waals surface area (Å²) in [4.78, 5) is 25.6. The molecule has 0 aromatic carbocycles. The van der Waals surface area contributed by atoms with Gasteiger partial charge in [-0.1, -0.05) is 6.92 Å². The molecule has 21 heavy (non-hydrogen) atoms. The summed E-state index contributed by atoms with van der Waals surface area (Å²) in [6, 6.07) is 1.76. The average Bonchev–Trinajstić information content (AvgIpc) is 2.47. The largest absolute Gasteiger partial charge is 0.481 e. The number of nitrogens with zero attached hydrogens (tertiary/aromatic N) is 3. The maximum absolute atomic E-state index is 12.6. The average molecular weight is 291 g/mol. The summed E-state index contributed by atoms with van der Waals surface area (Å²) >= 11 is 0. The molecule has 6 heteroatoms. The molecule has 1 aliphatic heterocycles. The summed E-state index contributed by atoms with van der Waals surface area (Å²) in [5, 5.41) is 17.3. The number of likely N-dealkylation sites (tertiary alicyclic amines) is 1. The van der Waals surface area contributed by atoms with Crippen LogP contribution in [0.1, 0.15) is 48.4 Å². The van der Waals surface area contributed by atoms with Gasteiger partial charge >= 0.3 is 5.97 Å². The van der Waals surface area contributed by atoms with Crippen LogP contribution < -0.4 is 0 Å². The summed E-state index contributed by atoms with van der Waals surface area (Å²) in [7, 11) is 0. The smallest absolute Gasteiger partial charge is 0.309 e. The Morgan fingerprint density at radius 1 is 1.33 bits per heavy atom. The number of carboxylic acid groups (broad SMARTS) is 1. The van der Waals surface area contributed by atoms with Crippen molar-refractivity contribution in [1.82, 2.24) is 15.1 Å². The molecule has 0 saturated carbocycles. The molecular formula is C15H21N3O3. The molecule has 6 nitrogen and oxygen atoms in total. The molecule has 0 unspecified atom stereocenters. The molecule has 0 radical (unpaired) electrons. The molecule has 0 bridgehead atoms. The summed E-state index contributed by atoms with van der Waals surface area (Å²) in [6.45, 7) is 6.42. The lowest BCUT2D eigenvalue weighted by molar-refractivity contribution is -0.150. The Morgan fingerprint density at radius 3 is 2.48 bits per heavy atom. The molecule has 0 atom stereocenters. The van der Waals surface area contributed by atoms with E-state index in [0.717, 1.165) is 0 Å². The van der Waals surface area contributed by atoms with Crippen LogP contribution in [0.15, 0.2) is 6.07 Å². The normalized spacial score (nSPS) is 17.6. The fraction of sp³-hybridized carbons (Fsp3) is 0.600. The topological polar surface area (TPSA) is 83.4 Å². The minimum absolute atomic E-state index is 0.0720. The van der Waals surface area contributed by atoms with E-state index in [2.05, 4.69) is 10.2 Å². The third-order valence-electron chi connectivity index (χ3n) is 4.23. The van der Waals surface area contributed by atoms with Gasteiger partial charge in [0, 0.05) is 13.1 Å². The van der Waals surface area contributed by atoms with Crippen LogP contribution in [0.4, 0.5) is 0 Å². The van der Waals surface area contributed by atoms with Crippen molar-refractivity contribution in [3.05, 3.63) is 23.0 Å². The van der Waals surface area contributed by atoms with Crippen molar-refractivity contribution in [2.24, 2.45) is 5.41 Å². The van der Waals surface area contributed by atoms with E-state index in [4.69, 9.17) is 0 Å². The molecule has 1 amide bonds. The van der Waals surface area contributed by atoms with Gasteiger partial charge in [0.1, 0.15) is 0 Å². The lowest BCUT2D eigenvalue weighted by Gasteiger charge is -2.36. The first kappa shape index (κ1) is 15.4. The van der Waals surface area contributed by atoms with Gasteiger partial charge in [-0.3, -0.25) is 9.59 Å². The van der Waals surface area contributed by atoms with Crippen molar-refractivity contribution in [1.29, 1.82) is 0 Å². The van der Waals surface area contributed by atoms with Gasteiger partial charge in [0.15, 0.2) is 0 Å². The molecule has 2 heterocycles.